The van der Waals surface area contributed by atoms with Crippen LogP contribution in [-0.4, -0.2) is 31.3 Å². The van der Waals surface area contributed by atoms with E-state index in [1.165, 1.54) is 7.05 Å². The molecule has 6 heteroatoms. The Kier molecular flexibility index (Phi) is 4.43. The average molecular weight is 173 g/mol. The first-order valence-electron chi connectivity index (χ1n) is 3.31. The van der Waals surface area contributed by atoms with Gasteiger partial charge < -0.3 is 16.4 Å². The summed E-state index contributed by atoms with van der Waals surface area (Å²) in [5, 5.41) is 4.46. The van der Waals surface area contributed by atoms with Gasteiger partial charge in [-0.05, 0) is 0 Å². The predicted octanol–water partition coefficient (Wildman–Crippen LogP) is -2.28. The Bertz CT molecular complexity index is 192. The van der Waals surface area contributed by atoms with Crippen LogP contribution in [0.4, 0.5) is 0 Å². The van der Waals surface area contributed by atoms with Gasteiger partial charge in [-0.2, -0.15) is 0 Å². The van der Waals surface area contributed by atoms with E-state index in [0.717, 1.165) is 0 Å². The third kappa shape index (κ3) is 3.55. The van der Waals surface area contributed by atoms with Crippen LogP contribution in [0.1, 0.15) is 6.42 Å². The highest BCUT2D eigenvalue weighted by molar-refractivity contribution is 5.88. The van der Waals surface area contributed by atoms with E-state index in [0.29, 0.717) is 6.41 Å². The number of rotatable bonds is 5. The molecule has 3 amide bonds. The maximum absolute atomic E-state index is 10.9. The first kappa shape index (κ1) is 10.4. The summed E-state index contributed by atoms with van der Waals surface area (Å²) < 4.78 is 0. The lowest BCUT2D eigenvalue weighted by Gasteiger charge is -2.11. The Balaban J connectivity index is 4.11. The van der Waals surface area contributed by atoms with Crippen LogP contribution in [0, 0.1) is 0 Å². The van der Waals surface area contributed by atoms with E-state index in [2.05, 4.69) is 10.6 Å². The molecular formula is C6H11N3O3. The third-order valence-corrected chi connectivity index (χ3v) is 1.24. The summed E-state index contributed by atoms with van der Waals surface area (Å²) in [6.07, 6.45) is 0.154. The van der Waals surface area contributed by atoms with Crippen molar-refractivity contribution in [3.05, 3.63) is 0 Å². The summed E-state index contributed by atoms with van der Waals surface area (Å²) in [6.45, 7) is 0. The molecule has 0 bridgehead atoms. The second-order valence-corrected chi connectivity index (χ2v) is 2.12. The fraction of sp³-hybridized carbons (Fsp3) is 0.500. The van der Waals surface area contributed by atoms with Gasteiger partial charge >= 0.3 is 0 Å². The van der Waals surface area contributed by atoms with Crippen LogP contribution in [0.2, 0.25) is 0 Å². The van der Waals surface area contributed by atoms with Crippen molar-refractivity contribution < 1.29 is 14.4 Å². The molecule has 0 spiro atoms. The average Bonchev–Trinajstić information content (AvgIpc) is 2.01. The second-order valence-electron chi connectivity index (χ2n) is 2.12. The van der Waals surface area contributed by atoms with Gasteiger partial charge in [0, 0.05) is 7.05 Å². The summed E-state index contributed by atoms with van der Waals surface area (Å²) in [5.41, 5.74) is 4.84. The molecule has 0 aliphatic heterocycles. The van der Waals surface area contributed by atoms with Crippen molar-refractivity contribution in [1.82, 2.24) is 10.6 Å². The van der Waals surface area contributed by atoms with E-state index in [4.69, 9.17) is 5.73 Å². The highest BCUT2D eigenvalue weighted by Crippen LogP contribution is 1.89. The van der Waals surface area contributed by atoms with Crippen LogP contribution >= 0.6 is 0 Å². The van der Waals surface area contributed by atoms with Crippen molar-refractivity contribution in [1.29, 1.82) is 0 Å². The molecule has 4 N–H and O–H groups in total. The highest BCUT2D eigenvalue weighted by atomic mass is 16.2. The molecule has 0 aliphatic carbocycles. The molecule has 1 atom stereocenters. The SMILES string of the molecule is CNC(=O)C(CC(N)=O)NC=O. The van der Waals surface area contributed by atoms with E-state index in [-0.39, 0.29) is 6.42 Å². The summed E-state index contributed by atoms with van der Waals surface area (Å²) >= 11 is 0. The number of nitrogens with two attached hydrogens (primary N) is 1. The second kappa shape index (κ2) is 5.11. The van der Waals surface area contributed by atoms with Gasteiger partial charge in [-0.1, -0.05) is 0 Å². The van der Waals surface area contributed by atoms with Crippen molar-refractivity contribution in [2.24, 2.45) is 5.73 Å². The maximum atomic E-state index is 10.9. The fourth-order valence-corrected chi connectivity index (χ4v) is 0.685. The van der Waals surface area contributed by atoms with Crippen molar-refractivity contribution in [2.45, 2.75) is 12.5 Å². The van der Waals surface area contributed by atoms with E-state index in [1.807, 2.05) is 0 Å². The van der Waals surface area contributed by atoms with Gasteiger partial charge in [-0.15, -0.1) is 0 Å². The largest absolute Gasteiger partial charge is 0.370 e. The third-order valence-electron chi connectivity index (χ3n) is 1.24. The Morgan fingerprint density at radius 2 is 2.17 bits per heavy atom. The zero-order chi connectivity index (χ0) is 9.56. The molecule has 0 aromatic carbocycles. The van der Waals surface area contributed by atoms with Gasteiger partial charge in [0.15, 0.2) is 0 Å². The van der Waals surface area contributed by atoms with E-state index in [9.17, 15) is 14.4 Å². The van der Waals surface area contributed by atoms with Gasteiger partial charge in [0.05, 0.1) is 6.42 Å². The van der Waals surface area contributed by atoms with Crippen LogP contribution in [0.5, 0.6) is 0 Å². The zero-order valence-corrected chi connectivity index (χ0v) is 6.66. The van der Waals surface area contributed by atoms with Gasteiger partial charge in [-0.3, -0.25) is 14.4 Å². The van der Waals surface area contributed by atoms with Crippen molar-refractivity contribution in [3.8, 4) is 0 Å². The van der Waals surface area contributed by atoms with Crippen LogP contribution in [0.25, 0.3) is 0 Å². The van der Waals surface area contributed by atoms with Crippen LogP contribution < -0.4 is 16.4 Å². The number of hydrogen-bond acceptors (Lipinski definition) is 3. The standard InChI is InChI=1S/C6H11N3O3/c1-8-6(12)4(9-3-10)2-5(7)11/h3-4H,2H2,1H3,(H2,7,11)(H,8,12)(H,9,10). The van der Waals surface area contributed by atoms with Crippen LogP contribution in [-0.2, 0) is 14.4 Å². The minimum absolute atomic E-state index is 0.196. The molecule has 0 saturated heterocycles. The molecule has 68 valence electrons. The molecular weight excluding hydrogens is 162 g/mol. The van der Waals surface area contributed by atoms with Crippen LogP contribution in [0.3, 0.4) is 0 Å². The zero-order valence-electron chi connectivity index (χ0n) is 6.66. The van der Waals surface area contributed by atoms with Gasteiger partial charge in [0.2, 0.25) is 18.2 Å². The monoisotopic (exact) mass is 173 g/mol. The van der Waals surface area contributed by atoms with Crippen LogP contribution in [0.15, 0.2) is 0 Å². The summed E-state index contributed by atoms with van der Waals surface area (Å²) in [7, 11) is 1.41. The summed E-state index contributed by atoms with van der Waals surface area (Å²) in [6, 6.07) is -0.870. The molecule has 0 fully saturated rings. The number of carbonyl (C=O) groups excluding carboxylic acids is 3. The highest BCUT2D eigenvalue weighted by Gasteiger charge is 2.17. The molecule has 0 saturated carbocycles. The first-order chi connectivity index (χ1) is 5.61. The lowest BCUT2D eigenvalue weighted by molar-refractivity contribution is -0.128. The minimum Gasteiger partial charge on any atom is -0.370 e. The number of carbonyl (C=O) groups is 3. The molecule has 1 unspecified atom stereocenters. The predicted molar refractivity (Wildman–Crippen MR) is 40.9 cm³/mol. The normalized spacial score (nSPS) is 11.4. The Morgan fingerprint density at radius 3 is 2.50 bits per heavy atom. The molecule has 6 nitrogen and oxygen atoms in total. The Morgan fingerprint density at radius 1 is 1.58 bits per heavy atom. The molecule has 0 aliphatic rings. The van der Waals surface area contributed by atoms with Gasteiger partial charge in [-0.25, -0.2) is 0 Å². The number of nitrogens with one attached hydrogen (secondary N) is 2. The minimum atomic E-state index is -0.870. The van der Waals surface area contributed by atoms with Crippen molar-refractivity contribution in [3.63, 3.8) is 0 Å². The lowest BCUT2D eigenvalue weighted by Crippen LogP contribution is -2.44. The Hall–Kier alpha value is -1.59. The molecule has 0 heterocycles. The van der Waals surface area contributed by atoms with E-state index >= 15 is 0 Å². The number of likely N-dealkylation sites (N-methyl/N-ethyl adjacent to an activating group) is 1. The maximum Gasteiger partial charge on any atom is 0.242 e. The molecule has 0 rings (SSSR count). The van der Waals surface area contributed by atoms with Crippen molar-refractivity contribution in [2.75, 3.05) is 7.05 Å². The van der Waals surface area contributed by atoms with Gasteiger partial charge in [0.25, 0.3) is 0 Å². The topological polar surface area (TPSA) is 101 Å². The molecule has 0 radical (unpaired) electrons. The van der Waals surface area contributed by atoms with E-state index < -0.39 is 17.9 Å². The molecule has 0 aromatic rings. The smallest absolute Gasteiger partial charge is 0.242 e. The molecule has 12 heavy (non-hydrogen) atoms. The van der Waals surface area contributed by atoms with Gasteiger partial charge in [0.1, 0.15) is 6.04 Å². The lowest BCUT2D eigenvalue weighted by atomic mass is 10.2. The summed E-state index contributed by atoms with van der Waals surface area (Å²) in [4.78, 5) is 31.3. The van der Waals surface area contributed by atoms with E-state index in [1.54, 1.807) is 0 Å². The molecule has 0 aromatic heterocycles. The number of hydrogen-bond donors (Lipinski definition) is 3. The first-order valence-corrected chi connectivity index (χ1v) is 3.31. The number of primary amides is 1. The number of amides is 3. The van der Waals surface area contributed by atoms with Crippen molar-refractivity contribution >= 4 is 18.2 Å². The Labute approximate surface area is 69.5 Å². The quantitative estimate of drug-likeness (QED) is 0.408. The fourth-order valence-electron chi connectivity index (χ4n) is 0.685. The summed E-state index contributed by atoms with van der Waals surface area (Å²) in [5.74, 6) is -1.08.